The Morgan fingerprint density at radius 1 is 1.25 bits per heavy atom. The number of rotatable bonds is 3. The highest BCUT2D eigenvalue weighted by atomic mass is 19.1. The number of amides is 3. The summed E-state index contributed by atoms with van der Waals surface area (Å²) in [5, 5.41) is 5.49. The molecule has 24 heavy (non-hydrogen) atoms. The van der Waals surface area contributed by atoms with Crippen molar-refractivity contribution in [3.8, 4) is 0 Å². The van der Waals surface area contributed by atoms with E-state index in [0.717, 1.165) is 19.4 Å². The lowest BCUT2D eigenvalue weighted by Gasteiger charge is -2.25. The monoisotopic (exact) mass is 331 g/mol. The van der Waals surface area contributed by atoms with Crippen LogP contribution < -0.4 is 10.6 Å². The highest BCUT2D eigenvalue weighted by molar-refractivity contribution is 6.01. The van der Waals surface area contributed by atoms with Gasteiger partial charge in [0.2, 0.25) is 0 Å². The molecule has 1 saturated heterocycles. The Morgan fingerprint density at radius 2 is 2.04 bits per heavy atom. The Balaban J connectivity index is 1.60. The van der Waals surface area contributed by atoms with E-state index in [4.69, 9.17) is 4.74 Å². The van der Waals surface area contributed by atoms with Gasteiger partial charge in [-0.15, -0.1) is 0 Å². The Labute approximate surface area is 138 Å². The molecule has 0 saturated carbocycles. The van der Waals surface area contributed by atoms with Crippen molar-refractivity contribution >= 4 is 11.9 Å². The molecule has 0 bridgehead atoms. The number of urea groups is 1. The smallest absolute Gasteiger partial charge is 0.319 e. The van der Waals surface area contributed by atoms with Gasteiger partial charge in [0.25, 0.3) is 5.91 Å². The van der Waals surface area contributed by atoms with Crippen LogP contribution in [-0.4, -0.2) is 42.6 Å². The zero-order valence-corrected chi connectivity index (χ0v) is 13.0. The van der Waals surface area contributed by atoms with E-state index >= 15 is 0 Å². The molecule has 0 radical (unpaired) electrons. The van der Waals surface area contributed by atoms with Crippen molar-refractivity contribution in [3.05, 3.63) is 46.9 Å². The van der Waals surface area contributed by atoms with E-state index in [1.165, 1.54) is 12.1 Å². The average Bonchev–Trinajstić information content (AvgIpc) is 3.17. The number of nitrogens with one attached hydrogen (secondary N) is 2. The molecule has 6 nitrogen and oxygen atoms in total. The van der Waals surface area contributed by atoms with Crippen molar-refractivity contribution in [3.63, 3.8) is 0 Å². The summed E-state index contributed by atoms with van der Waals surface area (Å²) in [6.45, 7) is 1.63. The third-order valence-electron chi connectivity index (χ3n) is 4.67. The summed E-state index contributed by atoms with van der Waals surface area (Å²) in [6.07, 6.45) is 2.01. The van der Waals surface area contributed by atoms with Crippen LogP contribution in [0.4, 0.5) is 9.18 Å². The number of carbonyl (C=O) groups is 2. The molecule has 1 aromatic carbocycles. The number of carbonyl (C=O) groups excluding carboxylic acids is 2. The molecule has 2 atom stereocenters. The van der Waals surface area contributed by atoms with Crippen LogP contribution in [0.25, 0.3) is 0 Å². The summed E-state index contributed by atoms with van der Waals surface area (Å²) < 4.78 is 18.8. The SMILES string of the molecule is O=C1NC2=C(C(=O)N(C[C@@H]3CCCO3)C2)[C@@H](c2ccc(F)cc2)N1. The second kappa shape index (κ2) is 5.90. The molecule has 3 aliphatic rings. The number of ether oxygens (including phenoxy) is 1. The molecule has 1 aromatic rings. The molecule has 7 heteroatoms. The van der Waals surface area contributed by atoms with Gasteiger partial charge in [-0.25, -0.2) is 9.18 Å². The first-order valence-electron chi connectivity index (χ1n) is 8.09. The zero-order valence-electron chi connectivity index (χ0n) is 13.0. The average molecular weight is 331 g/mol. The molecular formula is C17H18FN3O3. The number of halogens is 1. The normalized spacial score (nSPS) is 26.5. The largest absolute Gasteiger partial charge is 0.376 e. The number of benzene rings is 1. The van der Waals surface area contributed by atoms with Gasteiger partial charge in [0, 0.05) is 13.2 Å². The molecule has 0 spiro atoms. The lowest BCUT2D eigenvalue weighted by molar-refractivity contribution is -0.127. The van der Waals surface area contributed by atoms with Crippen LogP contribution in [0.3, 0.4) is 0 Å². The zero-order chi connectivity index (χ0) is 16.7. The first-order chi connectivity index (χ1) is 11.6. The molecule has 1 fully saturated rings. The summed E-state index contributed by atoms with van der Waals surface area (Å²) in [4.78, 5) is 26.5. The third kappa shape index (κ3) is 2.65. The summed E-state index contributed by atoms with van der Waals surface area (Å²) in [5.41, 5.74) is 1.83. The minimum atomic E-state index is -0.559. The van der Waals surface area contributed by atoms with Crippen molar-refractivity contribution in [2.24, 2.45) is 0 Å². The van der Waals surface area contributed by atoms with E-state index in [-0.39, 0.29) is 23.9 Å². The highest BCUT2D eigenvalue weighted by Gasteiger charge is 2.41. The van der Waals surface area contributed by atoms with Gasteiger partial charge < -0.3 is 20.3 Å². The number of hydrogen-bond donors (Lipinski definition) is 2. The van der Waals surface area contributed by atoms with Crippen molar-refractivity contribution in [2.45, 2.75) is 25.0 Å². The predicted molar refractivity (Wildman–Crippen MR) is 83.4 cm³/mol. The summed E-state index contributed by atoms with van der Waals surface area (Å²) in [6, 6.07) is 4.92. The van der Waals surface area contributed by atoms with E-state index in [2.05, 4.69) is 10.6 Å². The molecular weight excluding hydrogens is 313 g/mol. The first-order valence-corrected chi connectivity index (χ1v) is 8.09. The van der Waals surface area contributed by atoms with Crippen LogP contribution in [0, 0.1) is 5.82 Å². The molecule has 3 heterocycles. The first kappa shape index (κ1) is 15.1. The van der Waals surface area contributed by atoms with Crippen LogP contribution in [-0.2, 0) is 9.53 Å². The molecule has 3 amide bonds. The van der Waals surface area contributed by atoms with Crippen LogP contribution in [0.5, 0.6) is 0 Å². The minimum Gasteiger partial charge on any atom is -0.376 e. The van der Waals surface area contributed by atoms with E-state index in [1.807, 2.05) is 0 Å². The summed E-state index contributed by atoms with van der Waals surface area (Å²) >= 11 is 0. The van der Waals surface area contributed by atoms with Gasteiger partial charge in [-0.3, -0.25) is 4.79 Å². The fourth-order valence-corrected chi connectivity index (χ4v) is 3.52. The van der Waals surface area contributed by atoms with Crippen molar-refractivity contribution in [1.82, 2.24) is 15.5 Å². The second-order valence-corrected chi connectivity index (χ2v) is 6.30. The standard InChI is InChI=1S/C17H18FN3O3/c18-11-5-3-10(4-6-11)15-14-13(19-17(23)20-15)9-21(16(14)22)8-12-2-1-7-24-12/h3-6,12,15H,1-2,7-9H2,(H2,19,20,23)/t12-,15+/m0/s1. The number of nitrogens with zero attached hydrogens (tertiary/aromatic N) is 1. The van der Waals surface area contributed by atoms with Crippen LogP contribution in [0.15, 0.2) is 35.5 Å². The van der Waals surface area contributed by atoms with Crippen LogP contribution in [0.1, 0.15) is 24.4 Å². The topological polar surface area (TPSA) is 70.7 Å². The molecule has 3 aliphatic heterocycles. The van der Waals surface area contributed by atoms with E-state index in [1.54, 1.807) is 17.0 Å². The van der Waals surface area contributed by atoms with E-state index in [9.17, 15) is 14.0 Å². The van der Waals surface area contributed by atoms with E-state index < -0.39 is 6.04 Å². The number of hydrogen-bond acceptors (Lipinski definition) is 3. The molecule has 126 valence electrons. The quantitative estimate of drug-likeness (QED) is 0.881. The molecule has 4 rings (SSSR count). The Bertz CT molecular complexity index is 710. The van der Waals surface area contributed by atoms with Gasteiger partial charge in [0.1, 0.15) is 5.82 Å². The Kier molecular flexibility index (Phi) is 3.72. The maximum atomic E-state index is 13.2. The molecule has 2 N–H and O–H groups in total. The maximum Gasteiger partial charge on any atom is 0.319 e. The lowest BCUT2D eigenvalue weighted by atomic mass is 9.96. The van der Waals surface area contributed by atoms with Crippen LogP contribution in [0.2, 0.25) is 0 Å². The summed E-state index contributed by atoms with van der Waals surface area (Å²) in [5.74, 6) is -0.465. The molecule has 0 aromatic heterocycles. The molecule has 0 aliphatic carbocycles. The fourth-order valence-electron chi connectivity index (χ4n) is 3.52. The fraction of sp³-hybridized carbons (Fsp3) is 0.412. The van der Waals surface area contributed by atoms with E-state index in [0.29, 0.717) is 29.9 Å². The van der Waals surface area contributed by atoms with Gasteiger partial charge >= 0.3 is 6.03 Å². The van der Waals surface area contributed by atoms with Crippen LogP contribution >= 0.6 is 0 Å². The van der Waals surface area contributed by atoms with Gasteiger partial charge in [0.05, 0.1) is 30.0 Å². The maximum absolute atomic E-state index is 13.2. The predicted octanol–water partition coefficient (Wildman–Crippen LogP) is 1.45. The lowest BCUT2D eigenvalue weighted by Crippen LogP contribution is -2.44. The Morgan fingerprint density at radius 3 is 2.75 bits per heavy atom. The molecule has 0 unspecified atom stereocenters. The highest BCUT2D eigenvalue weighted by Crippen LogP contribution is 2.33. The van der Waals surface area contributed by atoms with Gasteiger partial charge in [-0.1, -0.05) is 12.1 Å². The second-order valence-electron chi connectivity index (χ2n) is 6.30. The van der Waals surface area contributed by atoms with Crippen molar-refractivity contribution < 1.29 is 18.7 Å². The van der Waals surface area contributed by atoms with Crippen molar-refractivity contribution in [2.75, 3.05) is 19.7 Å². The third-order valence-corrected chi connectivity index (χ3v) is 4.67. The van der Waals surface area contributed by atoms with Gasteiger partial charge in [0.15, 0.2) is 0 Å². The minimum absolute atomic E-state index is 0.0586. The van der Waals surface area contributed by atoms with Gasteiger partial charge in [-0.05, 0) is 30.5 Å². The van der Waals surface area contributed by atoms with Gasteiger partial charge in [-0.2, -0.15) is 0 Å². The van der Waals surface area contributed by atoms with Crippen molar-refractivity contribution in [1.29, 1.82) is 0 Å². The summed E-state index contributed by atoms with van der Waals surface area (Å²) in [7, 11) is 0. The Hall–Kier alpha value is -2.41.